The Morgan fingerprint density at radius 1 is 1.32 bits per heavy atom. The van der Waals surface area contributed by atoms with E-state index in [1.165, 1.54) is 5.56 Å². The summed E-state index contributed by atoms with van der Waals surface area (Å²) in [4.78, 5) is 11.3. The first kappa shape index (κ1) is 15.5. The average molecular weight is 264 g/mol. The van der Waals surface area contributed by atoms with Crippen molar-refractivity contribution in [1.29, 1.82) is 0 Å². The highest BCUT2D eigenvalue weighted by atomic mass is 16.5. The van der Waals surface area contributed by atoms with E-state index < -0.39 is 0 Å². The van der Waals surface area contributed by atoms with Gasteiger partial charge in [-0.25, -0.2) is 0 Å². The van der Waals surface area contributed by atoms with Crippen LogP contribution in [0.1, 0.15) is 25.8 Å². The molecule has 0 saturated heterocycles. The smallest absolute Gasteiger partial charge is 0.221 e. The zero-order valence-electron chi connectivity index (χ0n) is 12.0. The third-order valence-electron chi connectivity index (χ3n) is 2.74. The van der Waals surface area contributed by atoms with Gasteiger partial charge in [0.05, 0.1) is 0 Å². The molecule has 19 heavy (non-hydrogen) atoms. The molecule has 1 aromatic carbocycles. The van der Waals surface area contributed by atoms with Gasteiger partial charge in [0, 0.05) is 25.6 Å². The van der Waals surface area contributed by atoms with Crippen LogP contribution in [-0.4, -0.2) is 31.6 Å². The molecule has 0 aromatic heterocycles. The van der Waals surface area contributed by atoms with Crippen LogP contribution in [0.3, 0.4) is 0 Å². The van der Waals surface area contributed by atoms with Gasteiger partial charge >= 0.3 is 0 Å². The van der Waals surface area contributed by atoms with E-state index in [0.717, 1.165) is 5.75 Å². The maximum atomic E-state index is 11.3. The molecule has 4 nitrogen and oxygen atoms in total. The molecule has 106 valence electrons. The van der Waals surface area contributed by atoms with E-state index in [2.05, 4.69) is 17.6 Å². The summed E-state index contributed by atoms with van der Waals surface area (Å²) in [7, 11) is 0. The molecule has 0 bridgehead atoms. The molecule has 0 heterocycles. The minimum atomic E-state index is 0.0849. The summed E-state index contributed by atoms with van der Waals surface area (Å²) >= 11 is 0. The van der Waals surface area contributed by atoms with Gasteiger partial charge in [-0.15, -0.1) is 0 Å². The zero-order valence-corrected chi connectivity index (χ0v) is 12.0. The van der Waals surface area contributed by atoms with Crippen molar-refractivity contribution in [2.75, 3.05) is 19.7 Å². The number of hydrogen-bond acceptors (Lipinski definition) is 3. The van der Waals surface area contributed by atoms with Gasteiger partial charge < -0.3 is 15.4 Å². The molecule has 1 unspecified atom stereocenters. The van der Waals surface area contributed by atoms with Crippen LogP contribution < -0.4 is 15.4 Å². The lowest BCUT2D eigenvalue weighted by molar-refractivity contribution is -0.120. The Morgan fingerprint density at radius 3 is 2.63 bits per heavy atom. The highest BCUT2D eigenvalue weighted by Crippen LogP contribution is 2.11. The van der Waals surface area contributed by atoms with Crippen molar-refractivity contribution in [3.05, 3.63) is 29.8 Å². The maximum absolute atomic E-state index is 11.3. The van der Waals surface area contributed by atoms with Crippen molar-refractivity contribution in [2.45, 2.75) is 33.2 Å². The molecule has 1 atom stereocenters. The van der Waals surface area contributed by atoms with Gasteiger partial charge in [-0.05, 0) is 32.9 Å². The molecule has 0 aliphatic heterocycles. The second kappa shape index (κ2) is 8.53. The predicted octanol–water partition coefficient (Wildman–Crippen LogP) is 1.88. The van der Waals surface area contributed by atoms with Crippen molar-refractivity contribution in [1.82, 2.24) is 10.6 Å². The number of aryl methyl sites for hydroxylation is 1. The van der Waals surface area contributed by atoms with Crippen LogP contribution in [0.25, 0.3) is 0 Å². The molecule has 1 aromatic rings. The quantitative estimate of drug-likeness (QED) is 0.753. The van der Waals surface area contributed by atoms with Gasteiger partial charge in [0.1, 0.15) is 12.4 Å². The molecule has 1 rings (SSSR count). The second-order valence-electron chi connectivity index (χ2n) is 4.68. The van der Waals surface area contributed by atoms with Crippen molar-refractivity contribution in [3.8, 4) is 5.75 Å². The molecule has 4 heteroatoms. The number of amides is 1. The fourth-order valence-electron chi connectivity index (χ4n) is 1.63. The second-order valence-corrected chi connectivity index (χ2v) is 4.68. The average Bonchev–Trinajstić information content (AvgIpc) is 2.38. The van der Waals surface area contributed by atoms with Crippen molar-refractivity contribution in [3.63, 3.8) is 0 Å². The molecular formula is C15H24N2O2. The SMILES string of the molecule is CCNC(=O)CCNC(C)COc1ccc(C)cc1. The van der Waals surface area contributed by atoms with Crippen molar-refractivity contribution >= 4 is 5.91 Å². The summed E-state index contributed by atoms with van der Waals surface area (Å²) in [6.07, 6.45) is 0.503. The summed E-state index contributed by atoms with van der Waals surface area (Å²) in [6, 6.07) is 8.22. The molecule has 0 aliphatic carbocycles. The van der Waals surface area contributed by atoms with Gasteiger partial charge in [0.25, 0.3) is 0 Å². The predicted molar refractivity (Wildman–Crippen MR) is 77.4 cm³/mol. The Hall–Kier alpha value is -1.55. The first-order valence-corrected chi connectivity index (χ1v) is 6.81. The van der Waals surface area contributed by atoms with E-state index in [1.54, 1.807) is 0 Å². The number of carbonyl (C=O) groups excluding carboxylic acids is 1. The van der Waals surface area contributed by atoms with Gasteiger partial charge in [0.2, 0.25) is 5.91 Å². The molecule has 1 amide bonds. The first-order chi connectivity index (χ1) is 9.11. The lowest BCUT2D eigenvalue weighted by atomic mass is 10.2. The zero-order chi connectivity index (χ0) is 14.1. The molecule has 0 aliphatic rings. The van der Waals surface area contributed by atoms with Crippen LogP contribution in [0.2, 0.25) is 0 Å². The van der Waals surface area contributed by atoms with Crippen LogP contribution in [0.5, 0.6) is 5.75 Å². The largest absolute Gasteiger partial charge is 0.492 e. The first-order valence-electron chi connectivity index (χ1n) is 6.81. The maximum Gasteiger partial charge on any atom is 0.221 e. The fraction of sp³-hybridized carbons (Fsp3) is 0.533. The van der Waals surface area contributed by atoms with E-state index in [4.69, 9.17) is 4.74 Å². The minimum Gasteiger partial charge on any atom is -0.492 e. The highest BCUT2D eigenvalue weighted by molar-refractivity contribution is 5.75. The minimum absolute atomic E-state index is 0.0849. The normalized spacial score (nSPS) is 11.9. The highest BCUT2D eigenvalue weighted by Gasteiger charge is 2.04. The third-order valence-corrected chi connectivity index (χ3v) is 2.74. The van der Waals surface area contributed by atoms with Crippen LogP contribution in [-0.2, 0) is 4.79 Å². The Morgan fingerprint density at radius 2 is 2.00 bits per heavy atom. The van der Waals surface area contributed by atoms with Crippen molar-refractivity contribution < 1.29 is 9.53 Å². The standard InChI is InChI=1S/C15H24N2O2/c1-4-16-15(18)9-10-17-13(3)11-19-14-7-5-12(2)6-8-14/h5-8,13,17H,4,9-11H2,1-3H3,(H,16,18). The summed E-state index contributed by atoms with van der Waals surface area (Å²) in [5, 5.41) is 6.04. The summed E-state index contributed by atoms with van der Waals surface area (Å²) in [6.45, 7) is 7.97. The Balaban J connectivity index is 2.15. The lowest BCUT2D eigenvalue weighted by Gasteiger charge is -2.15. The Kier molecular flexibility index (Phi) is 6.97. The third kappa shape index (κ3) is 6.82. The van der Waals surface area contributed by atoms with Gasteiger partial charge in [-0.2, -0.15) is 0 Å². The molecule has 0 fully saturated rings. The fourth-order valence-corrected chi connectivity index (χ4v) is 1.63. The molecular weight excluding hydrogens is 240 g/mol. The van der Waals surface area contributed by atoms with E-state index in [1.807, 2.05) is 38.1 Å². The summed E-state index contributed by atoms with van der Waals surface area (Å²) in [5.74, 6) is 0.963. The Bertz CT molecular complexity index is 376. The van der Waals surface area contributed by atoms with Crippen LogP contribution in [0.15, 0.2) is 24.3 Å². The van der Waals surface area contributed by atoms with Gasteiger partial charge in [0.15, 0.2) is 0 Å². The van der Waals surface area contributed by atoms with E-state index in [0.29, 0.717) is 26.1 Å². The number of carbonyl (C=O) groups is 1. The van der Waals surface area contributed by atoms with Gasteiger partial charge in [-0.3, -0.25) is 4.79 Å². The molecule has 0 spiro atoms. The number of rotatable bonds is 8. The summed E-state index contributed by atoms with van der Waals surface area (Å²) in [5.41, 5.74) is 1.22. The summed E-state index contributed by atoms with van der Waals surface area (Å²) < 4.78 is 5.66. The molecule has 0 saturated carbocycles. The number of ether oxygens (including phenoxy) is 1. The van der Waals surface area contributed by atoms with E-state index in [-0.39, 0.29) is 11.9 Å². The van der Waals surface area contributed by atoms with Crippen LogP contribution >= 0.6 is 0 Å². The Labute approximate surface area is 115 Å². The number of nitrogens with one attached hydrogen (secondary N) is 2. The number of hydrogen-bond donors (Lipinski definition) is 2. The number of benzene rings is 1. The van der Waals surface area contributed by atoms with Crippen molar-refractivity contribution in [2.24, 2.45) is 0 Å². The van der Waals surface area contributed by atoms with Crippen LogP contribution in [0.4, 0.5) is 0 Å². The van der Waals surface area contributed by atoms with Gasteiger partial charge in [-0.1, -0.05) is 17.7 Å². The van der Waals surface area contributed by atoms with E-state index >= 15 is 0 Å². The lowest BCUT2D eigenvalue weighted by Crippen LogP contribution is -2.35. The topological polar surface area (TPSA) is 50.4 Å². The van der Waals surface area contributed by atoms with E-state index in [9.17, 15) is 4.79 Å². The molecule has 2 N–H and O–H groups in total. The molecule has 0 radical (unpaired) electrons. The monoisotopic (exact) mass is 264 g/mol. The van der Waals surface area contributed by atoms with Crippen LogP contribution in [0, 0.1) is 6.92 Å².